The number of hydrogen-bond acceptors (Lipinski definition) is 0. The number of hydrogen-bond donors (Lipinski definition) is 0. The molecule has 1 aliphatic carbocycles. The van der Waals surface area contributed by atoms with Crippen LogP contribution < -0.4 is 0 Å². The lowest BCUT2D eigenvalue weighted by Crippen LogP contribution is -1.87. The number of aryl methyl sites for hydroxylation is 1. The summed E-state index contributed by atoms with van der Waals surface area (Å²) in [5.74, 6) is 1.04. The summed E-state index contributed by atoms with van der Waals surface area (Å²) in [6.45, 7) is 0. The molecule has 0 atom stereocenters. The molecule has 0 spiro atoms. The monoisotopic (exact) mass is 194 g/mol. The lowest BCUT2D eigenvalue weighted by Gasteiger charge is -2.02. The van der Waals surface area contributed by atoms with Crippen molar-refractivity contribution >= 4 is 11.6 Å². The van der Waals surface area contributed by atoms with Crippen LogP contribution in [0, 0.1) is 5.92 Å². The molecule has 1 aromatic carbocycles. The third-order valence-corrected chi connectivity index (χ3v) is 3.08. The third-order valence-electron chi connectivity index (χ3n) is 2.71. The predicted molar refractivity (Wildman–Crippen MR) is 57.1 cm³/mol. The van der Waals surface area contributed by atoms with E-state index in [0.29, 0.717) is 0 Å². The van der Waals surface area contributed by atoms with Crippen molar-refractivity contribution in [2.45, 2.75) is 32.1 Å². The molecular weight excluding hydrogens is 180 g/mol. The van der Waals surface area contributed by atoms with Gasteiger partial charge in [0.25, 0.3) is 0 Å². The first kappa shape index (κ1) is 9.08. The zero-order valence-corrected chi connectivity index (χ0v) is 8.56. The van der Waals surface area contributed by atoms with E-state index >= 15 is 0 Å². The predicted octanol–water partition coefficient (Wildman–Crippen LogP) is 4.07. The van der Waals surface area contributed by atoms with Gasteiger partial charge in [-0.25, -0.2) is 0 Å². The number of halogens is 1. The van der Waals surface area contributed by atoms with Gasteiger partial charge in [-0.1, -0.05) is 49.1 Å². The molecule has 0 unspecified atom stereocenters. The van der Waals surface area contributed by atoms with Crippen molar-refractivity contribution in [3.63, 3.8) is 0 Å². The van der Waals surface area contributed by atoms with Crippen LogP contribution >= 0.6 is 11.6 Å². The maximum absolute atomic E-state index is 6.06. The maximum atomic E-state index is 6.06. The summed E-state index contributed by atoms with van der Waals surface area (Å²) in [6, 6.07) is 8.17. The summed E-state index contributed by atoms with van der Waals surface area (Å²) in [6.07, 6.45) is 6.76. The van der Waals surface area contributed by atoms with Gasteiger partial charge in [0, 0.05) is 5.02 Å². The van der Waals surface area contributed by atoms with Gasteiger partial charge in [0.05, 0.1) is 0 Å². The summed E-state index contributed by atoms with van der Waals surface area (Å²) < 4.78 is 0. The minimum atomic E-state index is 0.929. The summed E-state index contributed by atoms with van der Waals surface area (Å²) in [5.41, 5.74) is 1.31. The van der Waals surface area contributed by atoms with Gasteiger partial charge in [-0.05, 0) is 30.4 Å². The standard InChI is InChI=1S/C12H15Cl/c13-12-7-2-1-5-11(12)6-3-4-10-8-9-10/h1-2,5,7,10H,3-4,6,8-9H2. The van der Waals surface area contributed by atoms with Crippen molar-refractivity contribution in [3.8, 4) is 0 Å². The molecule has 13 heavy (non-hydrogen) atoms. The lowest BCUT2D eigenvalue weighted by atomic mass is 10.1. The smallest absolute Gasteiger partial charge is 0.0437 e. The Kier molecular flexibility index (Phi) is 2.90. The second-order valence-electron chi connectivity index (χ2n) is 3.93. The minimum absolute atomic E-state index is 0.929. The van der Waals surface area contributed by atoms with E-state index in [4.69, 9.17) is 11.6 Å². The Hall–Kier alpha value is -0.490. The van der Waals surface area contributed by atoms with E-state index in [1.807, 2.05) is 12.1 Å². The highest BCUT2D eigenvalue weighted by Crippen LogP contribution is 2.34. The van der Waals surface area contributed by atoms with E-state index in [2.05, 4.69) is 12.1 Å². The average Bonchev–Trinajstić information content (AvgIpc) is 2.92. The molecular formula is C12H15Cl. The van der Waals surface area contributed by atoms with Crippen LogP contribution in [0.1, 0.15) is 31.2 Å². The Morgan fingerprint density at radius 1 is 1.23 bits per heavy atom. The Balaban J connectivity index is 1.82. The summed E-state index contributed by atoms with van der Waals surface area (Å²) in [4.78, 5) is 0. The first-order valence-corrected chi connectivity index (χ1v) is 5.47. The fourth-order valence-electron chi connectivity index (χ4n) is 1.69. The second-order valence-corrected chi connectivity index (χ2v) is 4.33. The van der Waals surface area contributed by atoms with E-state index in [1.165, 1.54) is 31.2 Å². The van der Waals surface area contributed by atoms with Crippen LogP contribution in [-0.4, -0.2) is 0 Å². The molecule has 1 aromatic rings. The van der Waals surface area contributed by atoms with Crippen LogP contribution in [-0.2, 0) is 6.42 Å². The van der Waals surface area contributed by atoms with Gasteiger partial charge in [-0.3, -0.25) is 0 Å². The molecule has 0 amide bonds. The van der Waals surface area contributed by atoms with E-state index in [9.17, 15) is 0 Å². The van der Waals surface area contributed by atoms with Gasteiger partial charge in [0.15, 0.2) is 0 Å². The molecule has 0 bridgehead atoms. The highest BCUT2D eigenvalue weighted by atomic mass is 35.5. The van der Waals surface area contributed by atoms with Crippen LogP contribution in [0.25, 0.3) is 0 Å². The molecule has 0 nitrogen and oxygen atoms in total. The molecule has 2 rings (SSSR count). The molecule has 1 saturated carbocycles. The summed E-state index contributed by atoms with van der Waals surface area (Å²) in [7, 11) is 0. The quantitative estimate of drug-likeness (QED) is 0.678. The van der Waals surface area contributed by atoms with Crippen LogP contribution in [0.5, 0.6) is 0 Å². The molecule has 0 radical (unpaired) electrons. The largest absolute Gasteiger partial charge is 0.0840 e. The van der Waals surface area contributed by atoms with Gasteiger partial charge in [-0.15, -0.1) is 0 Å². The van der Waals surface area contributed by atoms with Crippen LogP contribution in [0.15, 0.2) is 24.3 Å². The molecule has 70 valence electrons. The molecule has 1 heteroatoms. The van der Waals surface area contributed by atoms with E-state index in [-0.39, 0.29) is 0 Å². The van der Waals surface area contributed by atoms with E-state index in [1.54, 1.807) is 0 Å². The van der Waals surface area contributed by atoms with Gasteiger partial charge in [0.1, 0.15) is 0 Å². The average molecular weight is 195 g/mol. The Bertz CT molecular complexity index is 276. The fraction of sp³-hybridized carbons (Fsp3) is 0.500. The van der Waals surface area contributed by atoms with Crippen LogP contribution in [0.3, 0.4) is 0 Å². The van der Waals surface area contributed by atoms with Crippen LogP contribution in [0.2, 0.25) is 5.02 Å². The molecule has 1 aliphatic rings. The van der Waals surface area contributed by atoms with Gasteiger partial charge in [-0.2, -0.15) is 0 Å². The van der Waals surface area contributed by atoms with Crippen molar-refractivity contribution in [3.05, 3.63) is 34.9 Å². The number of rotatable bonds is 4. The Morgan fingerprint density at radius 3 is 2.69 bits per heavy atom. The third kappa shape index (κ3) is 2.73. The Labute approximate surface area is 84.9 Å². The molecule has 0 N–H and O–H groups in total. The molecule has 0 aliphatic heterocycles. The van der Waals surface area contributed by atoms with Gasteiger partial charge >= 0.3 is 0 Å². The van der Waals surface area contributed by atoms with Crippen molar-refractivity contribution in [2.75, 3.05) is 0 Å². The second kappa shape index (κ2) is 4.15. The maximum Gasteiger partial charge on any atom is 0.0437 e. The molecule has 0 saturated heterocycles. The van der Waals surface area contributed by atoms with Crippen LogP contribution in [0.4, 0.5) is 0 Å². The molecule has 0 heterocycles. The van der Waals surface area contributed by atoms with Crippen molar-refractivity contribution in [1.29, 1.82) is 0 Å². The highest BCUT2D eigenvalue weighted by molar-refractivity contribution is 6.31. The topological polar surface area (TPSA) is 0 Å². The highest BCUT2D eigenvalue weighted by Gasteiger charge is 2.20. The zero-order valence-electron chi connectivity index (χ0n) is 7.80. The van der Waals surface area contributed by atoms with Gasteiger partial charge in [0.2, 0.25) is 0 Å². The Morgan fingerprint density at radius 2 is 2.00 bits per heavy atom. The first-order chi connectivity index (χ1) is 6.36. The number of benzene rings is 1. The summed E-state index contributed by atoms with van der Waals surface area (Å²) in [5, 5.41) is 0.929. The van der Waals surface area contributed by atoms with E-state index < -0.39 is 0 Å². The van der Waals surface area contributed by atoms with Crippen molar-refractivity contribution in [1.82, 2.24) is 0 Å². The molecule has 1 fully saturated rings. The lowest BCUT2D eigenvalue weighted by molar-refractivity contribution is 0.666. The SMILES string of the molecule is Clc1ccccc1CCCC1CC1. The summed E-state index contributed by atoms with van der Waals surface area (Å²) >= 11 is 6.06. The zero-order chi connectivity index (χ0) is 9.10. The van der Waals surface area contributed by atoms with Crippen molar-refractivity contribution < 1.29 is 0 Å². The first-order valence-electron chi connectivity index (χ1n) is 5.09. The van der Waals surface area contributed by atoms with Gasteiger partial charge < -0.3 is 0 Å². The van der Waals surface area contributed by atoms with E-state index in [0.717, 1.165) is 17.4 Å². The normalized spacial score (nSPS) is 16.1. The fourth-order valence-corrected chi connectivity index (χ4v) is 1.92. The minimum Gasteiger partial charge on any atom is -0.0840 e. The molecule has 0 aromatic heterocycles. The van der Waals surface area contributed by atoms with Crippen molar-refractivity contribution in [2.24, 2.45) is 5.92 Å².